The SMILES string of the molecule is COC(=O)c1occc1COC(=O)c1ccccc1NC(=O)c1ccsc1. The topological polar surface area (TPSA) is 94.8 Å². The summed E-state index contributed by atoms with van der Waals surface area (Å²) in [5, 5.41) is 6.20. The Balaban J connectivity index is 1.71. The Bertz CT molecular complexity index is 960. The molecule has 8 heteroatoms. The molecule has 0 saturated carbocycles. The fraction of sp³-hybridized carbons (Fsp3) is 0.105. The number of nitrogens with one attached hydrogen (secondary N) is 1. The normalized spacial score (nSPS) is 10.3. The van der Waals surface area contributed by atoms with E-state index in [1.165, 1.54) is 30.8 Å². The average molecular weight is 385 g/mol. The van der Waals surface area contributed by atoms with Gasteiger partial charge >= 0.3 is 11.9 Å². The van der Waals surface area contributed by atoms with Crippen molar-refractivity contribution in [1.82, 2.24) is 0 Å². The van der Waals surface area contributed by atoms with E-state index >= 15 is 0 Å². The summed E-state index contributed by atoms with van der Waals surface area (Å²) >= 11 is 1.40. The van der Waals surface area contributed by atoms with E-state index in [0.29, 0.717) is 16.8 Å². The highest BCUT2D eigenvalue weighted by Gasteiger charge is 2.19. The van der Waals surface area contributed by atoms with E-state index in [1.54, 1.807) is 41.1 Å². The minimum Gasteiger partial charge on any atom is -0.463 e. The Morgan fingerprint density at radius 2 is 1.93 bits per heavy atom. The quantitative estimate of drug-likeness (QED) is 0.650. The first-order valence-corrected chi connectivity index (χ1v) is 8.79. The van der Waals surface area contributed by atoms with Crippen molar-refractivity contribution in [3.8, 4) is 0 Å². The predicted molar refractivity (Wildman–Crippen MR) is 97.9 cm³/mol. The molecule has 3 aromatic rings. The second kappa shape index (κ2) is 8.33. The Hall–Kier alpha value is -3.39. The molecule has 0 atom stereocenters. The summed E-state index contributed by atoms with van der Waals surface area (Å²) in [5.41, 5.74) is 1.42. The molecule has 27 heavy (non-hydrogen) atoms. The Labute approximate surface area is 158 Å². The lowest BCUT2D eigenvalue weighted by Crippen LogP contribution is -2.15. The maximum atomic E-state index is 12.5. The van der Waals surface area contributed by atoms with Gasteiger partial charge < -0.3 is 19.2 Å². The van der Waals surface area contributed by atoms with E-state index < -0.39 is 11.9 Å². The van der Waals surface area contributed by atoms with Crippen LogP contribution in [0.4, 0.5) is 5.69 Å². The zero-order chi connectivity index (χ0) is 19.2. The lowest BCUT2D eigenvalue weighted by Gasteiger charge is -2.10. The van der Waals surface area contributed by atoms with Crippen molar-refractivity contribution in [3.05, 3.63) is 75.9 Å². The molecule has 3 rings (SSSR count). The molecule has 138 valence electrons. The number of thiophene rings is 1. The monoisotopic (exact) mass is 385 g/mol. The van der Waals surface area contributed by atoms with E-state index in [9.17, 15) is 14.4 Å². The van der Waals surface area contributed by atoms with Gasteiger partial charge in [-0.25, -0.2) is 9.59 Å². The third kappa shape index (κ3) is 4.24. The van der Waals surface area contributed by atoms with Gasteiger partial charge in [0.15, 0.2) is 0 Å². The van der Waals surface area contributed by atoms with Crippen LogP contribution in [0.25, 0.3) is 0 Å². The molecule has 0 fully saturated rings. The molecule has 1 aromatic carbocycles. The molecule has 7 nitrogen and oxygen atoms in total. The first-order chi connectivity index (χ1) is 13.1. The van der Waals surface area contributed by atoms with Gasteiger partial charge in [-0.15, -0.1) is 0 Å². The van der Waals surface area contributed by atoms with Gasteiger partial charge in [0, 0.05) is 10.9 Å². The van der Waals surface area contributed by atoms with Gasteiger partial charge in [0.1, 0.15) is 6.61 Å². The molecule has 2 aromatic heterocycles. The fourth-order valence-electron chi connectivity index (χ4n) is 2.30. The number of benzene rings is 1. The van der Waals surface area contributed by atoms with Gasteiger partial charge in [-0.1, -0.05) is 12.1 Å². The highest BCUT2D eigenvalue weighted by atomic mass is 32.1. The maximum absolute atomic E-state index is 12.5. The first-order valence-electron chi connectivity index (χ1n) is 7.84. The molecule has 0 radical (unpaired) electrons. The van der Waals surface area contributed by atoms with E-state index in [0.717, 1.165) is 0 Å². The van der Waals surface area contributed by atoms with Gasteiger partial charge in [-0.05, 0) is 29.6 Å². The number of anilines is 1. The largest absolute Gasteiger partial charge is 0.463 e. The molecule has 0 saturated heterocycles. The van der Waals surface area contributed by atoms with Gasteiger partial charge in [0.05, 0.1) is 30.2 Å². The molecular weight excluding hydrogens is 370 g/mol. The number of rotatable bonds is 6. The molecule has 0 aliphatic rings. The Morgan fingerprint density at radius 3 is 2.67 bits per heavy atom. The number of amides is 1. The Kier molecular flexibility index (Phi) is 5.68. The van der Waals surface area contributed by atoms with Crippen LogP contribution in [0.3, 0.4) is 0 Å². The standard InChI is InChI=1S/C19H15NO6S/c1-24-19(23)16-12(6-8-25-16)10-26-18(22)14-4-2-3-5-15(14)20-17(21)13-7-9-27-11-13/h2-9,11H,10H2,1H3,(H,20,21). The summed E-state index contributed by atoms with van der Waals surface area (Å²) in [4.78, 5) is 36.3. The van der Waals surface area contributed by atoms with Gasteiger partial charge in [0.25, 0.3) is 5.91 Å². The summed E-state index contributed by atoms with van der Waals surface area (Å²) in [6.07, 6.45) is 1.31. The second-order valence-electron chi connectivity index (χ2n) is 5.35. The van der Waals surface area contributed by atoms with Crippen LogP contribution >= 0.6 is 11.3 Å². The van der Waals surface area contributed by atoms with Crippen LogP contribution in [-0.4, -0.2) is 25.0 Å². The van der Waals surface area contributed by atoms with E-state index in [1.807, 2.05) is 0 Å². The van der Waals surface area contributed by atoms with Gasteiger partial charge in [-0.2, -0.15) is 11.3 Å². The van der Waals surface area contributed by atoms with Crippen LogP contribution in [0.1, 0.15) is 36.8 Å². The van der Waals surface area contributed by atoms with Crippen molar-refractivity contribution < 1.29 is 28.3 Å². The highest BCUT2D eigenvalue weighted by Crippen LogP contribution is 2.20. The third-order valence-corrected chi connectivity index (χ3v) is 4.34. The van der Waals surface area contributed by atoms with Crippen LogP contribution in [0.2, 0.25) is 0 Å². The van der Waals surface area contributed by atoms with Gasteiger partial charge in [-0.3, -0.25) is 4.79 Å². The van der Waals surface area contributed by atoms with E-state index in [-0.39, 0.29) is 23.8 Å². The summed E-state index contributed by atoms with van der Waals surface area (Å²) in [6, 6.07) is 9.72. The summed E-state index contributed by atoms with van der Waals surface area (Å²) in [6.45, 7) is -0.174. The summed E-state index contributed by atoms with van der Waals surface area (Å²) < 4.78 is 14.9. The lowest BCUT2D eigenvalue weighted by atomic mass is 10.1. The van der Waals surface area contributed by atoms with Crippen molar-refractivity contribution in [3.63, 3.8) is 0 Å². The van der Waals surface area contributed by atoms with Crippen LogP contribution in [0.15, 0.2) is 57.8 Å². The van der Waals surface area contributed by atoms with Crippen molar-refractivity contribution in [2.45, 2.75) is 6.61 Å². The first kappa shape index (κ1) is 18.4. The van der Waals surface area contributed by atoms with Crippen molar-refractivity contribution >= 4 is 34.9 Å². The third-order valence-electron chi connectivity index (χ3n) is 3.65. The molecule has 1 N–H and O–H groups in total. The van der Waals surface area contributed by atoms with E-state index in [4.69, 9.17) is 9.15 Å². The molecule has 0 aliphatic heterocycles. The molecule has 2 heterocycles. The number of ether oxygens (including phenoxy) is 2. The van der Waals surface area contributed by atoms with E-state index in [2.05, 4.69) is 10.1 Å². The molecule has 0 bridgehead atoms. The molecular formula is C19H15NO6S. The van der Waals surface area contributed by atoms with Crippen molar-refractivity contribution in [1.29, 1.82) is 0 Å². The van der Waals surface area contributed by atoms with Crippen LogP contribution in [-0.2, 0) is 16.1 Å². The number of methoxy groups -OCH3 is 1. The molecule has 0 aliphatic carbocycles. The number of furan rings is 1. The van der Waals surface area contributed by atoms with Crippen LogP contribution in [0, 0.1) is 0 Å². The van der Waals surface area contributed by atoms with Crippen molar-refractivity contribution in [2.24, 2.45) is 0 Å². The molecule has 0 unspecified atom stereocenters. The van der Waals surface area contributed by atoms with Crippen LogP contribution in [0.5, 0.6) is 0 Å². The minimum absolute atomic E-state index is 0.0238. The number of carbonyl (C=O) groups is 3. The minimum atomic E-state index is -0.658. The number of carbonyl (C=O) groups excluding carboxylic acids is 3. The van der Waals surface area contributed by atoms with Gasteiger partial charge in [0.2, 0.25) is 5.76 Å². The summed E-state index contributed by atoms with van der Waals surface area (Å²) in [5.74, 6) is -1.65. The molecule has 0 spiro atoms. The second-order valence-corrected chi connectivity index (χ2v) is 6.13. The van der Waals surface area contributed by atoms with Crippen LogP contribution < -0.4 is 5.32 Å². The average Bonchev–Trinajstić information content (AvgIpc) is 3.37. The number of esters is 2. The molecule has 1 amide bonds. The Morgan fingerprint density at radius 1 is 1.11 bits per heavy atom. The number of para-hydroxylation sites is 1. The fourth-order valence-corrected chi connectivity index (χ4v) is 2.94. The summed E-state index contributed by atoms with van der Waals surface area (Å²) in [7, 11) is 1.23. The number of hydrogen-bond donors (Lipinski definition) is 1. The van der Waals surface area contributed by atoms with Crippen molar-refractivity contribution in [2.75, 3.05) is 12.4 Å². The smallest absolute Gasteiger partial charge is 0.374 e. The zero-order valence-electron chi connectivity index (χ0n) is 14.3. The predicted octanol–water partition coefficient (Wildman–Crippen LogP) is 3.74. The number of hydrogen-bond acceptors (Lipinski definition) is 7. The maximum Gasteiger partial charge on any atom is 0.374 e. The highest BCUT2D eigenvalue weighted by molar-refractivity contribution is 7.08. The lowest BCUT2D eigenvalue weighted by molar-refractivity contribution is 0.0454. The zero-order valence-corrected chi connectivity index (χ0v) is 15.1.